The van der Waals surface area contributed by atoms with Gasteiger partial charge in [0.05, 0.1) is 89.2 Å². The maximum absolute atomic E-state index is 12.8. The molecule has 8 N–H and O–H groups in total. The number of aromatic nitrogens is 7. The highest BCUT2D eigenvalue weighted by molar-refractivity contribution is 5.97. The normalized spacial score (nSPS) is 17.1. The van der Waals surface area contributed by atoms with Gasteiger partial charge in [0.1, 0.15) is 6.04 Å². The molecule has 0 bridgehead atoms. The molecule has 1 saturated carbocycles. The highest BCUT2D eigenvalue weighted by Gasteiger charge is 2.50. The first-order chi connectivity index (χ1) is 32.1. The maximum atomic E-state index is 12.8. The van der Waals surface area contributed by atoms with Crippen molar-refractivity contribution in [3.63, 3.8) is 0 Å². The molecule has 4 aromatic rings. The number of benzene rings is 1. The van der Waals surface area contributed by atoms with Crippen molar-refractivity contribution in [3.8, 4) is 0 Å². The van der Waals surface area contributed by atoms with Crippen LogP contribution in [0.1, 0.15) is 61.4 Å². The Morgan fingerprint density at radius 1 is 0.954 bits per heavy atom. The van der Waals surface area contributed by atoms with Gasteiger partial charge in [-0.05, 0) is 81.0 Å². The molecule has 65 heavy (non-hydrogen) atoms. The summed E-state index contributed by atoms with van der Waals surface area (Å²) in [6, 6.07) is 5.02. The molecule has 4 atom stereocenters. The lowest BCUT2D eigenvalue weighted by molar-refractivity contribution is -0.139. The van der Waals surface area contributed by atoms with Crippen LogP contribution in [-0.4, -0.2) is 143 Å². The first-order valence-corrected chi connectivity index (χ1v) is 21.7. The van der Waals surface area contributed by atoms with E-state index in [0.29, 0.717) is 95.1 Å². The quantitative estimate of drug-likeness (QED) is 0.0408. The van der Waals surface area contributed by atoms with Gasteiger partial charge in [0.25, 0.3) is 11.5 Å². The van der Waals surface area contributed by atoms with Crippen molar-refractivity contribution < 1.29 is 49.3 Å². The minimum absolute atomic E-state index is 0.0514. The van der Waals surface area contributed by atoms with Crippen LogP contribution in [-0.2, 0) is 59.2 Å². The van der Waals surface area contributed by atoms with Gasteiger partial charge in [0.15, 0.2) is 11.2 Å². The molecule has 1 fully saturated rings. The van der Waals surface area contributed by atoms with Crippen LogP contribution in [0.3, 0.4) is 0 Å². The summed E-state index contributed by atoms with van der Waals surface area (Å²) in [5, 5.41) is 29.4. The molecule has 352 valence electrons. The lowest BCUT2D eigenvalue weighted by Gasteiger charge is -2.15. The number of aromatic amines is 1. The molecule has 0 aliphatic heterocycles. The summed E-state index contributed by atoms with van der Waals surface area (Å²) < 4.78 is 36.5. The molecule has 6 rings (SSSR count). The summed E-state index contributed by atoms with van der Waals surface area (Å²) in [6.07, 6.45) is 4.48. The zero-order valence-electron chi connectivity index (χ0n) is 37.1. The number of carbonyl (C=O) groups is 4. The number of anilines is 2. The second-order valence-electron chi connectivity index (χ2n) is 15.4. The number of aliphatic carboxylic acids is 1. The van der Waals surface area contributed by atoms with Crippen LogP contribution < -0.4 is 32.6 Å². The zero-order valence-corrected chi connectivity index (χ0v) is 36.1. The van der Waals surface area contributed by atoms with E-state index in [0.717, 1.165) is 37.1 Å². The molecule has 0 unspecified atom stereocenters. The number of hydrogen-bond donors (Lipinski definition) is 7. The van der Waals surface area contributed by atoms with E-state index < -0.39 is 29.6 Å². The second-order valence-corrected chi connectivity index (χ2v) is 15.4. The van der Waals surface area contributed by atoms with E-state index in [1.54, 1.807) is 12.1 Å². The van der Waals surface area contributed by atoms with Crippen LogP contribution in [0.25, 0.3) is 11.2 Å². The van der Waals surface area contributed by atoms with Gasteiger partial charge >= 0.3 is 12.1 Å². The zero-order chi connectivity index (χ0) is 46.7. The smallest absolute Gasteiger partial charge is 0.407 e. The van der Waals surface area contributed by atoms with Crippen molar-refractivity contribution in [1.29, 1.82) is 0 Å². The van der Waals surface area contributed by atoms with Crippen molar-refractivity contribution in [2.45, 2.75) is 64.6 Å². The molecular formula is C42H58N12O11. The SMILES string of the molecule is [3H]CCOCCNC(=O)OC[C@@H]1[C@@H]2CCc3c(nnn3CCOCCOCCOCCNC(=O)CC[C@H](NC(=O)c3ccc(NCc4cnc5nc(N)[nH]c(=O)c5n4)cc3)C(=O)O)CC[C@@H]21. The summed E-state index contributed by atoms with van der Waals surface area (Å²) >= 11 is 0. The van der Waals surface area contributed by atoms with Crippen LogP contribution in [0, 0.1) is 17.8 Å². The Labute approximate surface area is 375 Å². The Hall–Kier alpha value is -6.30. The van der Waals surface area contributed by atoms with Crippen LogP contribution in [0.15, 0.2) is 35.3 Å². The lowest BCUT2D eigenvalue weighted by Crippen LogP contribution is -2.41. The molecule has 3 amide bonds. The fourth-order valence-electron chi connectivity index (χ4n) is 7.61. The van der Waals surface area contributed by atoms with Gasteiger partial charge in [0, 0.05) is 38.7 Å². The van der Waals surface area contributed by atoms with Gasteiger partial charge in [0.2, 0.25) is 11.9 Å². The van der Waals surface area contributed by atoms with E-state index >= 15 is 0 Å². The standard InChI is InChI=1S/C42H58N12O11/c1-2-61-16-14-45-42(60)65-25-31-29-7-9-32-34(11-8-30(29)31)54(53-52-32)15-18-63-20-22-64-21-19-62-17-13-44-35(55)12-10-33(40(58)59)49-38(56)26-3-5-27(6-4-26)46-23-28-24-47-37-36(48-28)39(57)51-41(43)50-37/h3-6,24,29-31,33,46H,2,7-23,25H2,1H3,(H,44,55)(H,45,60)(H,49,56)(H,58,59)(H3,43,47,50,51,57)/t29-,30+,31-,33-/m0/s1/i1T. The third-order valence-corrected chi connectivity index (χ3v) is 11.1. The predicted octanol–water partition coefficient (Wildman–Crippen LogP) is 0.832. The number of nitrogens with two attached hydrogens (primary N) is 1. The maximum Gasteiger partial charge on any atom is 0.407 e. The fraction of sp³-hybridized carbons (Fsp3) is 0.571. The lowest BCUT2D eigenvalue weighted by atomic mass is 10.0. The molecule has 23 nitrogen and oxygen atoms in total. The number of fused-ring (bicyclic) bond motifs is 3. The summed E-state index contributed by atoms with van der Waals surface area (Å²) in [5.41, 5.74) is 8.70. The molecule has 3 heterocycles. The number of rotatable bonds is 27. The average Bonchev–Trinajstić information content (AvgIpc) is 3.82. The number of nitrogens with zero attached hydrogens (tertiary/aromatic N) is 6. The highest BCUT2D eigenvalue weighted by atomic mass is 16.6. The van der Waals surface area contributed by atoms with Crippen LogP contribution in [0.5, 0.6) is 0 Å². The minimum Gasteiger partial charge on any atom is -0.480 e. The van der Waals surface area contributed by atoms with Crippen molar-refractivity contribution in [1.82, 2.24) is 50.9 Å². The van der Waals surface area contributed by atoms with E-state index in [4.69, 9.17) is 30.8 Å². The number of H-pyrrole nitrogens is 1. The number of carboxylic acids is 1. The van der Waals surface area contributed by atoms with Crippen molar-refractivity contribution >= 4 is 46.7 Å². The molecule has 0 radical (unpaired) electrons. The summed E-state index contributed by atoms with van der Waals surface area (Å²) in [5.74, 6) is -0.909. The van der Waals surface area contributed by atoms with Gasteiger partial charge in [-0.1, -0.05) is 5.21 Å². The number of nitrogen functional groups attached to an aromatic ring is 1. The van der Waals surface area contributed by atoms with E-state index in [-0.39, 0.29) is 68.0 Å². The van der Waals surface area contributed by atoms with Crippen molar-refractivity contribution in [2.24, 2.45) is 17.8 Å². The summed E-state index contributed by atoms with van der Waals surface area (Å²) in [6.45, 7) is 4.81. The van der Waals surface area contributed by atoms with Gasteiger partial charge in [-0.15, -0.1) is 5.10 Å². The third-order valence-electron chi connectivity index (χ3n) is 11.1. The Morgan fingerprint density at radius 3 is 2.45 bits per heavy atom. The number of carbonyl (C=O) groups excluding carboxylic acids is 3. The summed E-state index contributed by atoms with van der Waals surface area (Å²) in [7, 11) is 0. The molecular weight excluding hydrogens is 849 g/mol. The van der Waals surface area contributed by atoms with E-state index in [1.807, 2.05) is 4.68 Å². The Kier molecular flexibility index (Phi) is 17.7. The fourth-order valence-corrected chi connectivity index (χ4v) is 7.61. The Bertz CT molecular complexity index is 2280. The van der Waals surface area contributed by atoms with Crippen molar-refractivity contribution in [2.75, 3.05) is 83.6 Å². The highest BCUT2D eigenvalue weighted by Crippen LogP contribution is 2.52. The predicted molar refractivity (Wildman–Crippen MR) is 233 cm³/mol. The number of amides is 3. The van der Waals surface area contributed by atoms with Gasteiger partial charge in [-0.3, -0.25) is 19.4 Å². The van der Waals surface area contributed by atoms with Crippen LogP contribution in [0.4, 0.5) is 16.4 Å². The van der Waals surface area contributed by atoms with Crippen LogP contribution >= 0.6 is 0 Å². The van der Waals surface area contributed by atoms with Gasteiger partial charge in [-0.25, -0.2) is 24.2 Å². The van der Waals surface area contributed by atoms with Gasteiger partial charge in [-0.2, -0.15) is 4.98 Å². The topological polar surface area (TPSA) is 311 Å². The second kappa shape index (κ2) is 24.7. The largest absolute Gasteiger partial charge is 0.480 e. The molecule has 0 saturated heterocycles. The van der Waals surface area contributed by atoms with Crippen molar-refractivity contribution in [3.05, 3.63) is 63.5 Å². The van der Waals surface area contributed by atoms with E-state index in [9.17, 15) is 29.1 Å². The molecule has 23 heteroatoms. The number of aryl methyl sites for hydroxylation is 1. The number of hydrogen-bond acceptors (Lipinski definition) is 17. The number of nitrogens with one attached hydrogen (secondary N) is 5. The van der Waals surface area contributed by atoms with Crippen LogP contribution in [0.2, 0.25) is 0 Å². The number of ether oxygens (including phenoxy) is 5. The number of carboxylic acid groups (broad SMARTS) is 1. The first-order valence-electron chi connectivity index (χ1n) is 22.4. The molecule has 3 aromatic heterocycles. The first kappa shape index (κ1) is 46.7. The third kappa shape index (κ3) is 14.9. The Balaban J connectivity index is 0.758. The van der Waals surface area contributed by atoms with Gasteiger partial charge < -0.3 is 55.8 Å². The monoisotopic (exact) mass is 908 g/mol. The van der Waals surface area contributed by atoms with E-state index in [2.05, 4.69) is 51.5 Å². The average molecular weight is 909 g/mol. The molecule has 1 aromatic carbocycles. The Morgan fingerprint density at radius 2 is 1.68 bits per heavy atom. The number of alkyl carbamates (subject to hydrolysis) is 1. The molecule has 0 spiro atoms. The van der Waals surface area contributed by atoms with E-state index in [1.165, 1.54) is 18.3 Å². The summed E-state index contributed by atoms with van der Waals surface area (Å²) in [4.78, 5) is 75.9. The molecule has 2 aliphatic carbocycles. The minimum atomic E-state index is -1.28. The molecule has 2 aliphatic rings.